The van der Waals surface area contributed by atoms with Crippen molar-refractivity contribution in [3.05, 3.63) is 59.4 Å². The Morgan fingerprint density at radius 2 is 1.63 bits per heavy atom. The van der Waals surface area contributed by atoms with Gasteiger partial charge in [0.15, 0.2) is 0 Å². The first-order chi connectivity index (χ1) is 17.6. The lowest BCUT2D eigenvalue weighted by atomic mass is 9.98. The van der Waals surface area contributed by atoms with Gasteiger partial charge in [-0.2, -0.15) is 13.2 Å². The van der Waals surface area contributed by atoms with Gasteiger partial charge < -0.3 is 19.4 Å². The van der Waals surface area contributed by atoms with Gasteiger partial charge in [-0.3, -0.25) is 4.79 Å². The fourth-order valence-corrected chi connectivity index (χ4v) is 4.17. The Morgan fingerprint density at radius 3 is 2.21 bits per heavy atom. The van der Waals surface area contributed by atoms with Gasteiger partial charge in [0.05, 0.1) is 12.1 Å². The quantitative estimate of drug-likeness (QED) is 0.363. The zero-order chi connectivity index (χ0) is 27.9. The number of nitrogens with one attached hydrogen (secondary N) is 1. The number of benzene rings is 2. The number of ether oxygens (including phenoxy) is 1. The second kappa shape index (κ2) is 9.92. The second-order valence-electron chi connectivity index (χ2n) is 10.2. The molecule has 0 saturated carbocycles. The van der Waals surface area contributed by atoms with Crippen LogP contribution in [0, 0.1) is 0 Å². The van der Waals surface area contributed by atoms with Crippen LogP contribution in [0.25, 0.3) is 22.1 Å². The van der Waals surface area contributed by atoms with Crippen LogP contribution in [0.5, 0.6) is 0 Å². The van der Waals surface area contributed by atoms with Gasteiger partial charge in [-0.05, 0) is 62.2 Å². The van der Waals surface area contributed by atoms with E-state index in [2.05, 4.69) is 5.32 Å². The minimum absolute atomic E-state index is 0.0647. The van der Waals surface area contributed by atoms with Crippen molar-refractivity contribution < 1.29 is 40.7 Å². The summed E-state index contributed by atoms with van der Waals surface area (Å²) in [4.78, 5) is 25.9. The zero-order valence-corrected chi connectivity index (χ0v) is 21.0. The average Bonchev–Trinajstić information content (AvgIpc) is 3.23. The molecule has 1 aliphatic rings. The molecule has 4 rings (SSSR count). The third-order valence-corrected chi connectivity index (χ3v) is 6.03. The van der Waals surface area contributed by atoms with E-state index in [1.165, 1.54) is 41.3 Å². The van der Waals surface area contributed by atoms with E-state index < -0.39 is 48.1 Å². The summed E-state index contributed by atoms with van der Waals surface area (Å²) in [6.45, 7) is 4.75. The summed E-state index contributed by atoms with van der Waals surface area (Å²) in [7, 11) is 0. The Hall–Kier alpha value is -3.63. The van der Waals surface area contributed by atoms with Gasteiger partial charge in [0.25, 0.3) is 11.8 Å². The summed E-state index contributed by atoms with van der Waals surface area (Å²) in [5.74, 6) is -3.08. The van der Waals surface area contributed by atoms with E-state index in [0.717, 1.165) is 6.07 Å². The monoisotopic (exact) mass is 538 g/mol. The number of piperidine rings is 1. The summed E-state index contributed by atoms with van der Waals surface area (Å²) < 4.78 is 79.1. The molecule has 2 aromatic carbocycles. The molecule has 0 aliphatic carbocycles. The van der Waals surface area contributed by atoms with Crippen LogP contribution in [0.4, 0.5) is 26.7 Å². The number of amides is 2. The van der Waals surface area contributed by atoms with Crippen LogP contribution in [0.2, 0.25) is 0 Å². The fraction of sp³-hybridized carbons (Fsp3) is 0.407. The molecule has 1 aliphatic heterocycles. The van der Waals surface area contributed by atoms with E-state index in [-0.39, 0.29) is 47.5 Å². The summed E-state index contributed by atoms with van der Waals surface area (Å²) in [6, 6.07) is 9.85. The smallest absolute Gasteiger partial charge is 0.420 e. The number of hydrogen-bond donors (Lipinski definition) is 1. The van der Waals surface area contributed by atoms with Gasteiger partial charge in [-0.25, -0.2) is 13.6 Å². The number of carbonyl (C=O) groups is 2. The molecule has 0 radical (unpaired) electrons. The van der Waals surface area contributed by atoms with Crippen LogP contribution in [0.1, 0.15) is 55.3 Å². The maximum absolute atomic E-state index is 13.9. The lowest BCUT2D eigenvalue weighted by Crippen LogP contribution is -2.42. The van der Waals surface area contributed by atoms with Crippen molar-refractivity contribution in [2.24, 2.45) is 0 Å². The molecule has 0 atom stereocenters. The van der Waals surface area contributed by atoms with Gasteiger partial charge in [0, 0.05) is 36.9 Å². The predicted molar refractivity (Wildman–Crippen MR) is 130 cm³/mol. The summed E-state index contributed by atoms with van der Waals surface area (Å²) in [5, 5.41) is 2.64. The molecule has 6 nitrogen and oxygen atoms in total. The third kappa shape index (κ3) is 6.43. The molecule has 1 aromatic heterocycles. The van der Waals surface area contributed by atoms with E-state index >= 15 is 0 Å². The SMILES string of the molecule is CC(C)(C)OC(=O)NCc1cc2cc(-c3ccc(C(=O)N4CCC(F)(F)CC4)cc3)cc(C(F)(F)F)c2o1. The number of nitrogens with zero attached hydrogens (tertiary/aromatic N) is 1. The molecule has 0 bridgehead atoms. The molecule has 1 fully saturated rings. The molecule has 38 heavy (non-hydrogen) atoms. The Bertz CT molecular complexity index is 1330. The van der Waals surface area contributed by atoms with Crippen molar-refractivity contribution in [2.45, 2.75) is 57.9 Å². The molecule has 0 spiro atoms. The molecule has 3 aromatic rings. The maximum atomic E-state index is 13.9. The fourth-order valence-electron chi connectivity index (χ4n) is 4.17. The molecule has 1 N–H and O–H groups in total. The second-order valence-corrected chi connectivity index (χ2v) is 10.2. The molecule has 1 saturated heterocycles. The highest BCUT2D eigenvalue weighted by molar-refractivity contribution is 5.95. The number of halogens is 5. The number of rotatable bonds is 4. The molecule has 11 heteroatoms. The standard InChI is InChI=1S/C27H27F5N2O4/c1-25(2,3)38-24(36)33-15-20-13-19-12-18(14-21(22(19)37-20)27(30,31)32)16-4-6-17(7-5-16)23(35)34-10-8-26(28,29)9-11-34/h4-7,12-14H,8-11,15H2,1-3H3,(H,33,36). The van der Waals surface area contributed by atoms with Gasteiger partial charge in [0.1, 0.15) is 16.9 Å². The minimum Gasteiger partial charge on any atom is -0.459 e. The summed E-state index contributed by atoms with van der Waals surface area (Å²) in [5.41, 5.74) is -1.16. The van der Waals surface area contributed by atoms with E-state index in [9.17, 15) is 31.5 Å². The van der Waals surface area contributed by atoms with Gasteiger partial charge >= 0.3 is 12.3 Å². The third-order valence-electron chi connectivity index (χ3n) is 6.03. The van der Waals surface area contributed by atoms with Crippen molar-refractivity contribution in [1.29, 1.82) is 0 Å². The minimum atomic E-state index is -4.71. The molecular formula is C27H27F5N2O4. The Labute approximate surface area is 215 Å². The number of fused-ring (bicyclic) bond motifs is 1. The summed E-state index contributed by atoms with van der Waals surface area (Å²) in [6.07, 6.45) is -6.26. The van der Waals surface area contributed by atoms with Crippen LogP contribution in [-0.4, -0.2) is 41.5 Å². The highest BCUT2D eigenvalue weighted by Crippen LogP contribution is 2.39. The van der Waals surface area contributed by atoms with Crippen molar-refractivity contribution in [1.82, 2.24) is 10.2 Å². The molecular weight excluding hydrogens is 511 g/mol. The Balaban J connectivity index is 1.57. The lowest BCUT2D eigenvalue weighted by molar-refractivity contribution is -0.136. The van der Waals surface area contributed by atoms with Crippen molar-refractivity contribution in [2.75, 3.05) is 13.1 Å². The highest BCUT2D eigenvalue weighted by atomic mass is 19.4. The Morgan fingerprint density at radius 1 is 1.00 bits per heavy atom. The molecule has 2 amide bonds. The molecule has 0 unspecified atom stereocenters. The van der Waals surface area contributed by atoms with Gasteiger partial charge in [-0.15, -0.1) is 0 Å². The lowest BCUT2D eigenvalue weighted by Gasteiger charge is -2.31. The van der Waals surface area contributed by atoms with E-state index in [0.29, 0.717) is 5.56 Å². The first kappa shape index (κ1) is 27.4. The van der Waals surface area contributed by atoms with Crippen molar-refractivity contribution in [3.8, 4) is 11.1 Å². The van der Waals surface area contributed by atoms with E-state index in [4.69, 9.17) is 9.15 Å². The van der Waals surface area contributed by atoms with Crippen molar-refractivity contribution in [3.63, 3.8) is 0 Å². The van der Waals surface area contributed by atoms with Gasteiger partial charge in [0.2, 0.25) is 0 Å². The first-order valence-corrected chi connectivity index (χ1v) is 12.0. The number of furan rings is 1. The van der Waals surface area contributed by atoms with E-state index in [1.54, 1.807) is 20.8 Å². The summed E-state index contributed by atoms with van der Waals surface area (Å²) >= 11 is 0. The van der Waals surface area contributed by atoms with Gasteiger partial charge in [-0.1, -0.05) is 12.1 Å². The average molecular weight is 539 g/mol. The number of carbonyl (C=O) groups excluding carboxylic acids is 2. The van der Waals surface area contributed by atoms with Crippen LogP contribution in [0.3, 0.4) is 0 Å². The molecule has 204 valence electrons. The van der Waals surface area contributed by atoms with Crippen LogP contribution in [-0.2, 0) is 17.5 Å². The predicted octanol–water partition coefficient (Wildman–Crippen LogP) is 7.01. The number of likely N-dealkylation sites (tertiary alicyclic amines) is 1. The Kier molecular flexibility index (Phi) is 7.15. The largest absolute Gasteiger partial charge is 0.459 e. The first-order valence-electron chi connectivity index (χ1n) is 12.0. The number of alkyl carbamates (subject to hydrolysis) is 1. The van der Waals surface area contributed by atoms with Crippen LogP contribution in [0.15, 0.2) is 46.9 Å². The topological polar surface area (TPSA) is 71.8 Å². The normalized spacial score (nSPS) is 15.9. The van der Waals surface area contributed by atoms with E-state index in [1.807, 2.05) is 0 Å². The maximum Gasteiger partial charge on any atom is 0.420 e. The zero-order valence-electron chi connectivity index (χ0n) is 21.0. The highest BCUT2D eigenvalue weighted by Gasteiger charge is 2.36. The van der Waals surface area contributed by atoms with Crippen LogP contribution >= 0.6 is 0 Å². The molecule has 2 heterocycles. The number of hydrogen-bond acceptors (Lipinski definition) is 4. The van der Waals surface area contributed by atoms with Crippen LogP contribution < -0.4 is 5.32 Å². The van der Waals surface area contributed by atoms with Crippen molar-refractivity contribution >= 4 is 23.0 Å². The number of alkyl halides is 5.